The molecule has 0 aliphatic heterocycles. The number of aromatic nitrogens is 3. The summed E-state index contributed by atoms with van der Waals surface area (Å²) < 4.78 is 1.78. The molecule has 2 N–H and O–H groups in total. The van der Waals surface area contributed by atoms with E-state index in [0.717, 1.165) is 12.2 Å². The third kappa shape index (κ3) is 3.43. The zero-order valence-corrected chi connectivity index (χ0v) is 9.31. The normalized spacial score (nSPS) is 10.9. The molecule has 0 bridgehead atoms. The van der Waals surface area contributed by atoms with E-state index in [-0.39, 0.29) is 11.8 Å². The van der Waals surface area contributed by atoms with E-state index in [4.69, 9.17) is 5.73 Å². The highest BCUT2D eigenvalue weighted by Crippen LogP contribution is 2.07. The van der Waals surface area contributed by atoms with Crippen LogP contribution in [0.4, 0.5) is 0 Å². The summed E-state index contributed by atoms with van der Waals surface area (Å²) in [5.41, 5.74) is 5.34. The third-order valence-corrected chi connectivity index (χ3v) is 2.15. The molecule has 1 aromatic heterocycles. The zero-order chi connectivity index (χ0) is 11.3. The molecular weight excluding hydrogens is 192 g/mol. The first kappa shape index (κ1) is 11.8. The molecule has 84 valence electrons. The largest absolute Gasteiger partial charge is 0.330 e. The fraction of sp³-hybridized carbons (Fsp3) is 0.700. The fourth-order valence-corrected chi connectivity index (χ4v) is 1.40. The van der Waals surface area contributed by atoms with Gasteiger partial charge in [-0.15, -0.1) is 0 Å². The maximum absolute atomic E-state index is 11.5. The lowest BCUT2D eigenvalue weighted by atomic mass is 10.1. The maximum Gasteiger partial charge on any atom is 0.140 e. The SMILES string of the molecule is CC(C)n1ncnc1CC(=O)CCCN. The second kappa shape index (κ2) is 5.60. The van der Waals surface area contributed by atoms with Gasteiger partial charge in [-0.1, -0.05) is 0 Å². The van der Waals surface area contributed by atoms with Gasteiger partial charge in [0.2, 0.25) is 0 Å². The molecule has 1 rings (SSSR count). The van der Waals surface area contributed by atoms with E-state index in [2.05, 4.69) is 10.1 Å². The monoisotopic (exact) mass is 210 g/mol. The number of carbonyl (C=O) groups is 1. The summed E-state index contributed by atoms with van der Waals surface area (Å²) in [6.45, 7) is 4.59. The van der Waals surface area contributed by atoms with Gasteiger partial charge in [0.1, 0.15) is 17.9 Å². The predicted molar refractivity (Wildman–Crippen MR) is 57.4 cm³/mol. The number of nitrogens with two attached hydrogens (primary N) is 1. The molecule has 1 aromatic rings. The van der Waals surface area contributed by atoms with Crippen LogP contribution in [0.1, 0.15) is 38.6 Å². The number of hydrogen-bond acceptors (Lipinski definition) is 4. The molecule has 0 aliphatic carbocycles. The van der Waals surface area contributed by atoms with E-state index in [0.29, 0.717) is 19.4 Å². The Morgan fingerprint density at radius 3 is 2.93 bits per heavy atom. The highest BCUT2D eigenvalue weighted by molar-refractivity contribution is 5.80. The molecule has 0 fully saturated rings. The Balaban J connectivity index is 2.56. The number of carbonyl (C=O) groups excluding carboxylic acids is 1. The van der Waals surface area contributed by atoms with Gasteiger partial charge in [-0.3, -0.25) is 4.79 Å². The van der Waals surface area contributed by atoms with Crippen LogP contribution in [0, 0.1) is 0 Å². The van der Waals surface area contributed by atoms with Crippen molar-refractivity contribution in [1.29, 1.82) is 0 Å². The molecule has 5 nitrogen and oxygen atoms in total. The quantitative estimate of drug-likeness (QED) is 0.750. The maximum atomic E-state index is 11.5. The van der Waals surface area contributed by atoms with Crippen LogP contribution in [0.15, 0.2) is 6.33 Å². The topological polar surface area (TPSA) is 73.8 Å². The van der Waals surface area contributed by atoms with E-state index >= 15 is 0 Å². The third-order valence-electron chi connectivity index (χ3n) is 2.15. The van der Waals surface area contributed by atoms with Gasteiger partial charge in [-0.2, -0.15) is 5.10 Å². The van der Waals surface area contributed by atoms with Gasteiger partial charge in [-0.05, 0) is 26.8 Å². The van der Waals surface area contributed by atoms with Crippen LogP contribution in [0.2, 0.25) is 0 Å². The summed E-state index contributed by atoms with van der Waals surface area (Å²) in [4.78, 5) is 15.6. The number of rotatable bonds is 6. The molecule has 15 heavy (non-hydrogen) atoms. The van der Waals surface area contributed by atoms with E-state index < -0.39 is 0 Å². The molecule has 0 saturated carbocycles. The molecule has 0 amide bonds. The first-order chi connectivity index (χ1) is 7.15. The van der Waals surface area contributed by atoms with Crippen molar-refractivity contribution in [1.82, 2.24) is 14.8 Å². The minimum atomic E-state index is 0.176. The van der Waals surface area contributed by atoms with E-state index in [1.165, 1.54) is 6.33 Å². The van der Waals surface area contributed by atoms with E-state index in [1.54, 1.807) is 4.68 Å². The molecule has 0 aromatic carbocycles. The van der Waals surface area contributed by atoms with Gasteiger partial charge in [-0.25, -0.2) is 9.67 Å². The molecule has 0 radical (unpaired) electrons. The molecule has 0 unspecified atom stereocenters. The molecule has 0 saturated heterocycles. The van der Waals surface area contributed by atoms with Crippen LogP contribution in [-0.4, -0.2) is 27.1 Å². The molecule has 0 aliphatic rings. The zero-order valence-electron chi connectivity index (χ0n) is 9.31. The van der Waals surface area contributed by atoms with Crippen LogP contribution >= 0.6 is 0 Å². The van der Waals surface area contributed by atoms with Crippen LogP contribution in [0.3, 0.4) is 0 Å². The van der Waals surface area contributed by atoms with Crippen molar-refractivity contribution < 1.29 is 4.79 Å². The van der Waals surface area contributed by atoms with Crippen LogP contribution in [0.25, 0.3) is 0 Å². The summed E-state index contributed by atoms with van der Waals surface area (Å²) in [6.07, 6.45) is 3.12. The summed E-state index contributed by atoms with van der Waals surface area (Å²) in [5.74, 6) is 0.919. The number of Topliss-reactive ketones (excluding diaryl/α,β-unsaturated/α-hetero) is 1. The Morgan fingerprint density at radius 2 is 2.33 bits per heavy atom. The highest BCUT2D eigenvalue weighted by Gasteiger charge is 2.11. The first-order valence-corrected chi connectivity index (χ1v) is 5.25. The summed E-state index contributed by atoms with van der Waals surface area (Å²) in [7, 11) is 0. The smallest absolute Gasteiger partial charge is 0.140 e. The summed E-state index contributed by atoms with van der Waals surface area (Å²) >= 11 is 0. The highest BCUT2D eigenvalue weighted by atomic mass is 16.1. The predicted octanol–water partition coefficient (Wildman–Crippen LogP) is 0.710. The number of hydrogen-bond donors (Lipinski definition) is 1. The van der Waals surface area contributed by atoms with Crippen molar-refractivity contribution in [2.45, 2.75) is 39.2 Å². The molecule has 0 atom stereocenters. The van der Waals surface area contributed by atoms with Crippen molar-refractivity contribution in [3.63, 3.8) is 0 Å². The van der Waals surface area contributed by atoms with Crippen molar-refractivity contribution >= 4 is 5.78 Å². The standard InChI is InChI=1S/C10H18N4O/c1-8(2)14-10(12-7-13-14)6-9(15)4-3-5-11/h7-8H,3-6,11H2,1-2H3. The minimum Gasteiger partial charge on any atom is -0.330 e. The molecular formula is C10H18N4O. The molecule has 0 spiro atoms. The Bertz CT molecular complexity index is 319. The van der Waals surface area contributed by atoms with E-state index in [9.17, 15) is 4.79 Å². The Hall–Kier alpha value is -1.23. The lowest BCUT2D eigenvalue weighted by Gasteiger charge is -2.08. The van der Waals surface area contributed by atoms with Crippen molar-refractivity contribution in [2.75, 3.05) is 6.54 Å². The Morgan fingerprint density at radius 1 is 1.60 bits per heavy atom. The lowest BCUT2D eigenvalue weighted by Crippen LogP contribution is -2.13. The van der Waals surface area contributed by atoms with Crippen LogP contribution in [0.5, 0.6) is 0 Å². The average Bonchev–Trinajstić information content (AvgIpc) is 2.62. The van der Waals surface area contributed by atoms with Gasteiger partial charge < -0.3 is 5.73 Å². The second-order valence-corrected chi connectivity index (χ2v) is 3.82. The Kier molecular flexibility index (Phi) is 4.42. The second-order valence-electron chi connectivity index (χ2n) is 3.82. The van der Waals surface area contributed by atoms with Crippen molar-refractivity contribution in [3.8, 4) is 0 Å². The Labute approximate surface area is 89.7 Å². The molecule has 5 heteroatoms. The fourth-order valence-electron chi connectivity index (χ4n) is 1.40. The lowest BCUT2D eigenvalue weighted by molar-refractivity contribution is -0.118. The minimum absolute atomic E-state index is 0.176. The van der Waals surface area contributed by atoms with Crippen LogP contribution < -0.4 is 5.73 Å². The van der Waals surface area contributed by atoms with Gasteiger partial charge in [0.15, 0.2) is 0 Å². The van der Waals surface area contributed by atoms with Crippen LogP contribution in [-0.2, 0) is 11.2 Å². The van der Waals surface area contributed by atoms with Crippen molar-refractivity contribution in [3.05, 3.63) is 12.2 Å². The molecule has 1 heterocycles. The van der Waals surface area contributed by atoms with Gasteiger partial charge >= 0.3 is 0 Å². The van der Waals surface area contributed by atoms with Gasteiger partial charge in [0, 0.05) is 12.5 Å². The summed E-state index contributed by atoms with van der Waals surface area (Å²) in [5, 5.41) is 4.08. The average molecular weight is 210 g/mol. The first-order valence-electron chi connectivity index (χ1n) is 5.25. The van der Waals surface area contributed by atoms with Gasteiger partial charge in [0.05, 0.1) is 6.42 Å². The number of ketones is 1. The van der Waals surface area contributed by atoms with Crippen molar-refractivity contribution in [2.24, 2.45) is 5.73 Å². The summed E-state index contributed by atoms with van der Waals surface area (Å²) in [6, 6.07) is 0.241. The van der Waals surface area contributed by atoms with E-state index in [1.807, 2.05) is 13.8 Å². The van der Waals surface area contributed by atoms with Gasteiger partial charge in [0.25, 0.3) is 0 Å². The number of nitrogens with zero attached hydrogens (tertiary/aromatic N) is 3.